The molecule has 3 aromatic carbocycles. The number of amides is 2. The van der Waals surface area contributed by atoms with Gasteiger partial charge < -0.3 is 10.1 Å². The monoisotopic (exact) mass is 443 g/mol. The van der Waals surface area contributed by atoms with Crippen molar-refractivity contribution in [3.05, 3.63) is 95.6 Å². The lowest BCUT2D eigenvalue weighted by molar-refractivity contribution is -0.123. The molecule has 2 amide bonds. The van der Waals surface area contributed by atoms with Crippen LogP contribution in [0.25, 0.3) is 0 Å². The minimum atomic E-state index is -0.572. The van der Waals surface area contributed by atoms with Crippen LogP contribution in [0.5, 0.6) is 11.5 Å². The van der Waals surface area contributed by atoms with Gasteiger partial charge in [0, 0.05) is 17.0 Å². The molecule has 7 heteroatoms. The average Bonchev–Trinajstić information content (AvgIpc) is 3.62. The Labute approximate surface area is 191 Å². The maximum atomic E-state index is 13.2. The number of hydrogen-bond acceptors (Lipinski definition) is 4. The van der Waals surface area contributed by atoms with Gasteiger partial charge in [0.05, 0.1) is 5.92 Å². The molecule has 1 saturated carbocycles. The summed E-state index contributed by atoms with van der Waals surface area (Å²) in [6.07, 6.45) is 0.798. The lowest BCUT2D eigenvalue weighted by Gasteiger charge is -2.27. The summed E-state index contributed by atoms with van der Waals surface area (Å²) >= 11 is 5.26. The molecule has 2 aliphatic rings. The van der Waals surface area contributed by atoms with Crippen LogP contribution in [0.15, 0.2) is 78.9 Å². The second-order valence-electron chi connectivity index (χ2n) is 7.90. The zero-order valence-electron chi connectivity index (χ0n) is 17.1. The summed E-state index contributed by atoms with van der Waals surface area (Å²) < 4.78 is 5.94. The van der Waals surface area contributed by atoms with Crippen LogP contribution >= 0.6 is 12.2 Å². The fourth-order valence-corrected chi connectivity index (χ4v) is 4.32. The highest BCUT2D eigenvalue weighted by Gasteiger charge is 2.44. The van der Waals surface area contributed by atoms with E-state index < -0.39 is 5.92 Å². The van der Waals surface area contributed by atoms with Crippen molar-refractivity contribution in [1.29, 1.82) is 0 Å². The van der Waals surface area contributed by atoms with Gasteiger partial charge in [0.1, 0.15) is 11.5 Å². The Kier molecular flexibility index (Phi) is 5.33. The number of rotatable bonds is 3. The number of thiocarbonyl (C=S) groups is 1. The van der Waals surface area contributed by atoms with Crippen molar-refractivity contribution < 1.29 is 14.3 Å². The molecular weight excluding hydrogens is 422 g/mol. The van der Waals surface area contributed by atoms with Crippen molar-refractivity contribution in [2.45, 2.75) is 18.3 Å². The molecule has 1 fully saturated rings. The predicted molar refractivity (Wildman–Crippen MR) is 124 cm³/mol. The highest BCUT2D eigenvalue weighted by molar-refractivity contribution is 7.80. The lowest BCUT2D eigenvalue weighted by Crippen LogP contribution is -2.50. The van der Waals surface area contributed by atoms with Gasteiger partial charge in [0.15, 0.2) is 5.11 Å². The molecule has 0 aromatic heterocycles. The Balaban J connectivity index is 1.21. The summed E-state index contributed by atoms with van der Waals surface area (Å²) in [6, 6.07) is 24.8. The molecule has 1 heterocycles. The molecule has 2 atom stereocenters. The minimum absolute atomic E-state index is 0.0433. The van der Waals surface area contributed by atoms with E-state index in [1.807, 2.05) is 78.9 Å². The summed E-state index contributed by atoms with van der Waals surface area (Å²) in [7, 11) is 0. The molecule has 0 bridgehead atoms. The summed E-state index contributed by atoms with van der Waals surface area (Å²) in [4.78, 5) is 25.6. The van der Waals surface area contributed by atoms with Gasteiger partial charge in [-0.1, -0.05) is 66.7 Å². The highest BCUT2D eigenvalue weighted by Crippen LogP contribution is 2.47. The second kappa shape index (κ2) is 8.43. The van der Waals surface area contributed by atoms with Gasteiger partial charge in [-0.25, -0.2) is 0 Å². The standard InChI is InChI=1S/C25H21N3O3S/c29-23(19-14-18(19)15-8-2-1-3-9-15)27-28-25(32)26-24(30)22-16-10-4-6-12-20(16)31-21-13-7-5-11-17(21)22/h1-13,18-19,22H,14H2,(H,27,29)(H2,26,28,30,32)/t18-,19+/m1/s1. The number of hydrogen-bond donors (Lipinski definition) is 3. The zero-order valence-corrected chi connectivity index (χ0v) is 17.9. The van der Waals surface area contributed by atoms with Crippen molar-refractivity contribution in [2.24, 2.45) is 5.92 Å². The molecule has 6 nitrogen and oxygen atoms in total. The first-order chi connectivity index (χ1) is 15.6. The average molecular weight is 444 g/mol. The third-order valence-electron chi connectivity index (χ3n) is 5.83. The maximum Gasteiger partial charge on any atom is 0.242 e. The molecular formula is C25H21N3O3S. The fourth-order valence-electron chi connectivity index (χ4n) is 4.17. The minimum Gasteiger partial charge on any atom is -0.457 e. The van der Waals surface area contributed by atoms with E-state index in [0.717, 1.165) is 23.1 Å². The van der Waals surface area contributed by atoms with Crippen molar-refractivity contribution in [3.63, 3.8) is 0 Å². The van der Waals surface area contributed by atoms with Gasteiger partial charge in [-0.2, -0.15) is 0 Å². The molecule has 160 valence electrons. The number of benzene rings is 3. The quantitative estimate of drug-likeness (QED) is 0.424. The summed E-state index contributed by atoms with van der Waals surface area (Å²) in [5.74, 6) is 0.385. The third kappa shape index (κ3) is 3.94. The number of para-hydroxylation sites is 2. The third-order valence-corrected chi connectivity index (χ3v) is 6.04. The maximum absolute atomic E-state index is 13.2. The predicted octanol–water partition coefficient (Wildman–Crippen LogP) is 3.75. The number of carbonyl (C=O) groups excluding carboxylic acids is 2. The molecule has 0 radical (unpaired) electrons. The smallest absolute Gasteiger partial charge is 0.242 e. The van der Waals surface area contributed by atoms with E-state index in [-0.39, 0.29) is 28.8 Å². The Morgan fingerprint density at radius 2 is 1.38 bits per heavy atom. The van der Waals surface area contributed by atoms with E-state index in [0.29, 0.717) is 11.5 Å². The van der Waals surface area contributed by atoms with Crippen molar-refractivity contribution in [2.75, 3.05) is 0 Å². The van der Waals surface area contributed by atoms with Crippen LogP contribution in [0.2, 0.25) is 0 Å². The normalized spacial score (nSPS) is 18.4. The van der Waals surface area contributed by atoms with Crippen LogP contribution in [-0.4, -0.2) is 16.9 Å². The molecule has 0 saturated heterocycles. The number of hydrazine groups is 1. The highest BCUT2D eigenvalue weighted by atomic mass is 32.1. The summed E-state index contributed by atoms with van der Waals surface area (Å²) in [5.41, 5.74) is 7.96. The first-order valence-corrected chi connectivity index (χ1v) is 10.8. The Hall–Kier alpha value is -3.71. The van der Waals surface area contributed by atoms with Gasteiger partial charge in [-0.3, -0.25) is 20.4 Å². The first kappa shape index (κ1) is 20.2. The number of nitrogens with one attached hydrogen (secondary N) is 3. The Bertz CT molecular complexity index is 1150. The van der Waals surface area contributed by atoms with Crippen LogP contribution in [0.4, 0.5) is 0 Å². The first-order valence-electron chi connectivity index (χ1n) is 10.4. The van der Waals surface area contributed by atoms with Gasteiger partial charge >= 0.3 is 0 Å². The van der Waals surface area contributed by atoms with Crippen LogP contribution < -0.4 is 20.9 Å². The molecule has 0 unspecified atom stereocenters. The molecule has 1 aliphatic heterocycles. The second-order valence-corrected chi connectivity index (χ2v) is 8.31. The Morgan fingerprint density at radius 1 is 0.781 bits per heavy atom. The van der Waals surface area contributed by atoms with E-state index in [1.54, 1.807) is 0 Å². The zero-order chi connectivity index (χ0) is 22.1. The summed E-state index contributed by atoms with van der Waals surface area (Å²) in [5, 5.41) is 2.74. The van der Waals surface area contributed by atoms with Gasteiger partial charge in [-0.05, 0) is 42.3 Å². The van der Waals surface area contributed by atoms with Gasteiger partial charge in [-0.15, -0.1) is 0 Å². The molecule has 3 aromatic rings. The van der Waals surface area contributed by atoms with E-state index in [9.17, 15) is 9.59 Å². The van der Waals surface area contributed by atoms with Gasteiger partial charge in [0.25, 0.3) is 0 Å². The van der Waals surface area contributed by atoms with Crippen LogP contribution in [0.1, 0.15) is 34.9 Å². The molecule has 0 spiro atoms. The number of carbonyl (C=O) groups is 2. The van der Waals surface area contributed by atoms with Crippen molar-refractivity contribution >= 4 is 29.1 Å². The van der Waals surface area contributed by atoms with E-state index in [2.05, 4.69) is 16.2 Å². The Morgan fingerprint density at radius 3 is 2.03 bits per heavy atom. The molecule has 5 rings (SSSR count). The van der Waals surface area contributed by atoms with E-state index in [1.165, 1.54) is 0 Å². The number of fused-ring (bicyclic) bond motifs is 2. The molecule has 32 heavy (non-hydrogen) atoms. The lowest BCUT2D eigenvalue weighted by atomic mass is 9.87. The van der Waals surface area contributed by atoms with E-state index in [4.69, 9.17) is 17.0 Å². The topological polar surface area (TPSA) is 79.5 Å². The molecule has 3 N–H and O–H groups in total. The van der Waals surface area contributed by atoms with Crippen molar-refractivity contribution in [3.8, 4) is 11.5 Å². The van der Waals surface area contributed by atoms with Gasteiger partial charge in [0.2, 0.25) is 11.8 Å². The summed E-state index contributed by atoms with van der Waals surface area (Å²) in [6.45, 7) is 0. The van der Waals surface area contributed by atoms with E-state index >= 15 is 0 Å². The van der Waals surface area contributed by atoms with Crippen LogP contribution in [0, 0.1) is 5.92 Å². The van der Waals surface area contributed by atoms with Crippen LogP contribution in [-0.2, 0) is 9.59 Å². The molecule has 1 aliphatic carbocycles. The largest absolute Gasteiger partial charge is 0.457 e. The van der Waals surface area contributed by atoms with Crippen molar-refractivity contribution in [1.82, 2.24) is 16.2 Å². The fraction of sp³-hybridized carbons (Fsp3) is 0.160. The van der Waals surface area contributed by atoms with Crippen LogP contribution in [0.3, 0.4) is 0 Å². The SMILES string of the molecule is O=C(NC(=S)NNC(=O)[C@H]1C[C@@H]1c1ccccc1)C1c2ccccc2Oc2ccccc21. The number of ether oxygens (including phenoxy) is 1.